The Bertz CT molecular complexity index is 153. The minimum absolute atomic E-state index is 0.290. The molecule has 0 spiro atoms. The maximum absolute atomic E-state index is 9.83. The van der Waals surface area contributed by atoms with Crippen LogP contribution >= 0.6 is 0 Å². The van der Waals surface area contributed by atoms with Gasteiger partial charge < -0.3 is 19.7 Å². The van der Waals surface area contributed by atoms with Gasteiger partial charge in [-0.25, -0.2) is 9.59 Å². The van der Waals surface area contributed by atoms with Crippen LogP contribution in [0.5, 0.6) is 0 Å². The van der Waals surface area contributed by atoms with E-state index in [1.165, 1.54) is 6.92 Å². The van der Waals surface area contributed by atoms with Crippen LogP contribution in [0.1, 0.15) is 6.92 Å². The molecule has 64 valence electrons. The standard InChI is InChI=1S/C5H8O6/c1-3(11-5(8)9)2-10-4(6)7/h3H,2H2,1H3,(H,6,7)(H,8,9)/t3-/m1/s1. The highest BCUT2D eigenvalue weighted by atomic mass is 16.7. The number of rotatable bonds is 3. The van der Waals surface area contributed by atoms with Gasteiger partial charge in [-0.3, -0.25) is 0 Å². The van der Waals surface area contributed by atoms with Gasteiger partial charge in [-0.1, -0.05) is 0 Å². The Labute approximate surface area is 62.3 Å². The van der Waals surface area contributed by atoms with Crippen LogP contribution in [-0.4, -0.2) is 35.2 Å². The molecule has 6 nitrogen and oxygen atoms in total. The van der Waals surface area contributed by atoms with E-state index >= 15 is 0 Å². The van der Waals surface area contributed by atoms with Crippen LogP contribution in [0.25, 0.3) is 0 Å². The van der Waals surface area contributed by atoms with Crippen molar-refractivity contribution in [3.63, 3.8) is 0 Å². The van der Waals surface area contributed by atoms with Crippen molar-refractivity contribution in [3.05, 3.63) is 0 Å². The second-order valence-electron chi connectivity index (χ2n) is 1.77. The van der Waals surface area contributed by atoms with E-state index in [2.05, 4.69) is 9.47 Å². The van der Waals surface area contributed by atoms with Gasteiger partial charge in [-0.2, -0.15) is 0 Å². The molecule has 0 amide bonds. The van der Waals surface area contributed by atoms with Crippen molar-refractivity contribution in [2.75, 3.05) is 6.61 Å². The molecule has 11 heavy (non-hydrogen) atoms. The lowest BCUT2D eigenvalue weighted by molar-refractivity contribution is 0.0122. The van der Waals surface area contributed by atoms with Crippen LogP contribution in [0, 0.1) is 0 Å². The molecule has 0 aromatic heterocycles. The molecule has 0 rings (SSSR count). The summed E-state index contributed by atoms with van der Waals surface area (Å²) in [6.07, 6.45) is -3.68. The molecule has 0 heterocycles. The van der Waals surface area contributed by atoms with Gasteiger partial charge in [0, 0.05) is 0 Å². The zero-order valence-corrected chi connectivity index (χ0v) is 5.81. The van der Waals surface area contributed by atoms with Gasteiger partial charge in [0.25, 0.3) is 0 Å². The van der Waals surface area contributed by atoms with Crippen LogP contribution in [0.15, 0.2) is 0 Å². The van der Waals surface area contributed by atoms with Crippen molar-refractivity contribution in [1.29, 1.82) is 0 Å². The summed E-state index contributed by atoms with van der Waals surface area (Å²) in [5.74, 6) is 0. The molecule has 0 aromatic rings. The lowest BCUT2D eigenvalue weighted by Crippen LogP contribution is -2.20. The van der Waals surface area contributed by atoms with Crippen LogP contribution in [0.2, 0.25) is 0 Å². The summed E-state index contributed by atoms with van der Waals surface area (Å²) in [7, 11) is 0. The van der Waals surface area contributed by atoms with Gasteiger partial charge in [0.15, 0.2) is 0 Å². The fourth-order valence-electron chi connectivity index (χ4n) is 0.395. The molecule has 0 aliphatic rings. The maximum Gasteiger partial charge on any atom is 0.506 e. The Kier molecular flexibility index (Phi) is 3.79. The van der Waals surface area contributed by atoms with E-state index in [1.807, 2.05) is 0 Å². The Morgan fingerprint density at radius 1 is 1.36 bits per heavy atom. The summed E-state index contributed by atoms with van der Waals surface area (Å²) in [5, 5.41) is 16.0. The predicted octanol–water partition coefficient (Wildman–Crippen LogP) is 0.764. The molecule has 0 saturated heterocycles. The molecule has 1 atom stereocenters. The molecule has 0 aromatic carbocycles. The van der Waals surface area contributed by atoms with Crippen LogP contribution < -0.4 is 0 Å². The number of ether oxygens (including phenoxy) is 2. The SMILES string of the molecule is C[C@H](COC(=O)O)OC(=O)O. The zero-order valence-electron chi connectivity index (χ0n) is 5.81. The van der Waals surface area contributed by atoms with E-state index in [1.54, 1.807) is 0 Å². The minimum Gasteiger partial charge on any atom is -0.450 e. The highest BCUT2D eigenvalue weighted by molar-refractivity contribution is 5.58. The first kappa shape index (κ1) is 9.54. The van der Waals surface area contributed by atoms with Crippen molar-refractivity contribution < 1.29 is 29.3 Å². The topological polar surface area (TPSA) is 93.1 Å². The fourth-order valence-corrected chi connectivity index (χ4v) is 0.395. The van der Waals surface area contributed by atoms with Crippen molar-refractivity contribution in [2.45, 2.75) is 13.0 Å². The summed E-state index contributed by atoms with van der Waals surface area (Å²) >= 11 is 0. The third-order valence-corrected chi connectivity index (χ3v) is 0.744. The van der Waals surface area contributed by atoms with E-state index in [0.717, 1.165) is 0 Å². The summed E-state index contributed by atoms with van der Waals surface area (Å²) < 4.78 is 8.16. The summed E-state index contributed by atoms with van der Waals surface area (Å²) in [6, 6.07) is 0. The third-order valence-electron chi connectivity index (χ3n) is 0.744. The average molecular weight is 164 g/mol. The van der Waals surface area contributed by atoms with Crippen LogP contribution in [0.3, 0.4) is 0 Å². The van der Waals surface area contributed by atoms with E-state index in [9.17, 15) is 9.59 Å². The first-order valence-electron chi connectivity index (χ1n) is 2.77. The molecule has 0 fully saturated rings. The van der Waals surface area contributed by atoms with E-state index in [4.69, 9.17) is 10.2 Å². The Morgan fingerprint density at radius 3 is 2.27 bits per heavy atom. The summed E-state index contributed by atoms with van der Waals surface area (Å²) in [5.41, 5.74) is 0. The van der Waals surface area contributed by atoms with Gasteiger partial charge in [0.05, 0.1) is 0 Å². The molecule has 6 heteroatoms. The number of hydrogen-bond acceptors (Lipinski definition) is 4. The predicted molar refractivity (Wildman–Crippen MR) is 32.5 cm³/mol. The Hall–Kier alpha value is -1.46. The van der Waals surface area contributed by atoms with Crippen LogP contribution in [-0.2, 0) is 9.47 Å². The third kappa shape index (κ3) is 6.42. The van der Waals surface area contributed by atoms with Crippen molar-refractivity contribution in [3.8, 4) is 0 Å². The normalized spacial score (nSPS) is 11.7. The second kappa shape index (κ2) is 4.37. The second-order valence-corrected chi connectivity index (χ2v) is 1.77. The maximum atomic E-state index is 9.83. The van der Waals surface area contributed by atoms with E-state index in [0.29, 0.717) is 0 Å². The monoisotopic (exact) mass is 164 g/mol. The van der Waals surface area contributed by atoms with Gasteiger partial charge >= 0.3 is 12.3 Å². The molecule has 0 saturated carbocycles. The van der Waals surface area contributed by atoms with E-state index in [-0.39, 0.29) is 6.61 Å². The molecule has 0 aliphatic carbocycles. The molecular weight excluding hydrogens is 156 g/mol. The van der Waals surface area contributed by atoms with Gasteiger partial charge in [0.1, 0.15) is 12.7 Å². The number of carbonyl (C=O) groups is 2. The molecular formula is C5H8O6. The smallest absolute Gasteiger partial charge is 0.450 e. The number of carboxylic acid groups (broad SMARTS) is 2. The molecule has 0 radical (unpaired) electrons. The minimum atomic E-state index is -1.45. The molecule has 0 unspecified atom stereocenters. The lowest BCUT2D eigenvalue weighted by Gasteiger charge is -2.08. The summed E-state index contributed by atoms with van der Waals surface area (Å²) in [6.45, 7) is 1.10. The van der Waals surface area contributed by atoms with Crippen molar-refractivity contribution in [1.82, 2.24) is 0 Å². The number of hydrogen-bond donors (Lipinski definition) is 2. The van der Waals surface area contributed by atoms with Gasteiger partial charge in [-0.05, 0) is 6.92 Å². The highest BCUT2D eigenvalue weighted by Gasteiger charge is 2.09. The Balaban J connectivity index is 3.44. The first-order valence-corrected chi connectivity index (χ1v) is 2.77. The molecule has 2 N–H and O–H groups in total. The quantitative estimate of drug-likeness (QED) is 0.598. The zero-order chi connectivity index (χ0) is 8.85. The van der Waals surface area contributed by atoms with Crippen molar-refractivity contribution >= 4 is 12.3 Å². The lowest BCUT2D eigenvalue weighted by atomic mass is 10.4. The van der Waals surface area contributed by atoms with Gasteiger partial charge in [-0.15, -0.1) is 0 Å². The fraction of sp³-hybridized carbons (Fsp3) is 0.600. The molecule has 0 aliphatic heterocycles. The Morgan fingerprint density at radius 2 is 1.91 bits per heavy atom. The van der Waals surface area contributed by atoms with E-state index < -0.39 is 18.4 Å². The van der Waals surface area contributed by atoms with Crippen molar-refractivity contribution in [2.24, 2.45) is 0 Å². The largest absolute Gasteiger partial charge is 0.506 e. The first-order chi connectivity index (χ1) is 5.02. The van der Waals surface area contributed by atoms with Crippen LogP contribution in [0.4, 0.5) is 9.59 Å². The average Bonchev–Trinajstić information content (AvgIpc) is 1.82. The van der Waals surface area contributed by atoms with Gasteiger partial charge in [0.2, 0.25) is 0 Å². The molecule has 0 bridgehead atoms. The summed E-state index contributed by atoms with van der Waals surface area (Å²) in [4.78, 5) is 19.6. The highest BCUT2D eigenvalue weighted by Crippen LogP contribution is 1.92.